The van der Waals surface area contributed by atoms with Gasteiger partial charge < -0.3 is 60.9 Å². The summed E-state index contributed by atoms with van der Waals surface area (Å²) in [5.74, 6) is -0.984. The molecule has 0 bridgehead atoms. The number of carboxylic acid groups (broad SMARTS) is 2. The van der Waals surface area contributed by atoms with Gasteiger partial charge in [-0.15, -0.1) is 0 Å². The summed E-state index contributed by atoms with van der Waals surface area (Å²) < 4.78 is 5.52. The van der Waals surface area contributed by atoms with E-state index in [0.717, 1.165) is 180 Å². The van der Waals surface area contributed by atoms with Gasteiger partial charge in [-0.1, -0.05) is 252 Å². The van der Waals surface area contributed by atoms with Crippen molar-refractivity contribution in [2.75, 3.05) is 7.11 Å². The van der Waals surface area contributed by atoms with Crippen LogP contribution in [-0.4, -0.2) is 75.2 Å². The third-order valence-electron chi connectivity index (χ3n) is 21.4. The van der Waals surface area contributed by atoms with E-state index in [9.17, 15) is 65.8 Å². The normalized spacial score (nSPS) is 11.0. The molecule has 0 aliphatic heterocycles. The molecule has 0 spiro atoms. The molecule has 0 unspecified atom stereocenters. The van der Waals surface area contributed by atoms with Gasteiger partial charge in [-0.05, 0) is 341 Å². The van der Waals surface area contributed by atoms with E-state index in [1.165, 1.54) is 95.2 Å². The van der Waals surface area contributed by atoms with Gasteiger partial charge >= 0.3 is 11.9 Å². The molecule has 0 aliphatic carbocycles. The van der Waals surface area contributed by atoms with Crippen LogP contribution in [0.2, 0.25) is 0 Å². The molecule has 0 amide bonds. The number of benzene rings is 5. The van der Waals surface area contributed by atoms with E-state index in [2.05, 4.69) is 179 Å². The number of aryl methyl sites for hydroxylation is 5. The van der Waals surface area contributed by atoms with Gasteiger partial charge in [0.2, 0.25) is 0 Å². The molecule has 718 valence electrons. The van der Waals surface area contributed by atoms with Gasteiger partial charge in [0, 0.05) is 27.8 Å². The van der Waals surface area contributed by atoms with Gasteiger partial charge in [-0.25, -0.2) is 9.59 Å². The van der Waals surface area contributed by atoms with E-state index < -0.39 is 11.9 Å². The molecule has 11 N–H and O–H groups in total. The van der Waals surface area contributed by atoms with Crippen molar-refractivity contribution in [2.45, 2.75) is 400 Å². The number of allylic oxidation sites excluding steroid dienone is 20. The standard InChI is InChI=1S/2C22H32O4.C22H34O2.2C21H32O2.5CH4/c2*1-5-6-7-11-17-14-19(23)18(21(24)20(17)22(25)26)13-12-16(4)10-8-9-15(2)3;1-6-7-8-12-19-15-21(23)20(22(16-19)24-5)14-13-18(4)11-9-10-17(2)3;2*1-5-6-7-11-18-14-20(22)19(21(23)15-18)13-12-17(4)10-8-9-16(2)3;;;;;/h2*9,12,14,23-24H,5-8,10-11,13H2,1-4H3,(H,25,26);10,13,15-16,23H,6-9,11-12,14H2,1-5H3;2*9,12,14-15,22-23H,5-8,10-11,13H2,1-4H3;5*1H4/b2*16-12+;18-13+;2*17-12+;;;;;. The molecular formula is C113H182O14. The fourth-order valence-electron chi connectivity index (χ4n) is 13.8. The highest BCUT2D eigenvalue weighted by Crippen LogP contribution is 2.39. The SMILES string of the molecule is C.C.C.C.C.CCCCCc1cc(O)c(C/C=C(\C)CCC=C(C)C)c(O)c1.CCCCCc1cc(O)c(C/C=C(\C)CCC=C(C)C)c(O)c1.CCCCCc1cc(O)c(C/C=C(\C)CCC=C(C)C)c(O)c1C(=O)O.CCCCCc1cc(O)c(C/C=C(\C)CCC=C(C)C)c(O)c1C(=O)O.CCCCCc1cc(O)c(C/C=C(\C)CCC=C(C)C)c(OC)c1. The summed E-state index contributed by atoms with van der Waals surface area (Å²) in [7, 11) is 1.68. The van der Waals surface area contributed by atoms with Gasteiger partial charge in [0.25, 0.3) is 0 Å². The number of aromatic carboxylic acids is 2. The maximum absolute atomic E-state index is 11.6. The number of hydrogen-bond donors (Lipinski definition) is 11. The minimum Gasteiger partial charge on any atom is -0.508 e. The van der Waals surface area contributed by atoms with Crippen molar-refractivity contribution in [3.05, 3.63) is 232 Å². The monoisotopic (exact) mass is 1760 g/mol. The van der Waals surface area contributed by atoms with Crippen LogP contribution < -0.4 is 4.74 Å². The molecule has 0 saturated heterocycles. The summed E-state index contributed by atoms with van der Waals surface area (Å²) in [4.78, 5) is 23.2. The average molecular weight is 1760 g/mol. The predicted molar refractivity (Wildman–Crippen MR) is 548 cm³/mol. The maximum atomic E-state index is 11.6. The predicted octanol–water partition coefficient (Wildman–Crippen LogP) is 33.2. The largest absolute Gasteiger partial charge is 0.508 e. The van der Waals surface area contributed by atoms with Crippen molar-refractivity contribution >= 4 is 11.9 Å². The summed E-state index contributed by atoms with van der Waals surface area (Å²) in [6.45, 7) is 42.0. The van der Waals surface area contributed by atoms with Crippen LogP contribution in [-0.2, 0) is 64.2 Å². The van der Waals surface area contributed by atoms with Crippen molar-refractivity contribution in [1.29, 1.82) is 0 Å². The number of unbranched alkanes of at least 4 members (excludes halogenated alkanes) is 10. The lowest BCUT2D eigenvalue weighted by Gasteiger charge is -2.14. The Labute approximate surface area is 774 Å². The highest BCUT2D eigenvalue weighted by molar-refractivity contribution is 5.94. The van der Waals surface area contributed by atoms with Crippen LogP contribution >= 0.6 is 0 Å². The molecule has 5 rings (SSSR count). The van der Waals surface area contributed by atoms with Crippen LogP contribution in [0.25, 0.3) is 0 Å². The highest BCUT2D eigenvalue weighted by Gasteiger charge is 2.24. The third kappa shape index (κ3) is 53.7. The molecule has 5 aromatic carbocycles. The summed E-state index contributed by atoms with van der Waals surface area (Å²) >= 11 is 0. The second kappa shape index (κ2) is 72.4. The first kappa shape index (κ1) is 126. The topological polar surface area (TPSA) is 266 Å². The van der Waals surface area contributed by atoms with Crippen LogP contribution in [0.4, 0.5) is 0 Å². The van der Waals surface area contributed by atoms with Crippen LogP contribution in [0.1, 0.15) is 412 Å². The van der Waals surface area contributed by atoms with Crippen LogP contribution in [0.5, 0.6) is 57.5 Å². The van der Waals surface area contributed by atoms with E-state index in [4.69, 9.17) is 4.74 Å². The molecule has 127 heavy (non-hydrogen) atoms. The summed E-state index contributed by atoms with van der Waals surface area (Å²) in [6, 6.07) is 14.2. The average Bonchev–Trinajstić information content (AvgIpc) is 0.798. The van der Waals surface area contributed by atoms with Crippen LogP contribution in [0.15, 0.2) is 165 Å². The van der Waals surface area contributed by atoms with Crippen molar-refractivity contribution in [3.8, 4) is 57.5 Å². The zero-order valence-electron chi connectivity index (χ0n) is 79.3. The van der Waals surface area contributed by atoms with Gasteiger partial charge in [0.1, 0.15) is 68.6 Å². The minimum atomic E-state index is -1.15. The van der Waals surface area contributed by atoms with E-state index >= 15 is 0 Å². The number of carboxylic acids is 2. The van der Waals surface area contributed by atoms with E-state index in [-0.39, 0.29) is 105 Å². The summed E-state index contributed by atoms with van der Waals surface area (Å²) in [5.41, 5.74) is 19.5. The number of rotatable bonds is 48. The smallest absolute Gasteiger partial charge is 0.339 e. The van der Waals surface area contributed by atoms with Crippen molar-refractivity contribution in [2.24, 2.45) is 0 Å². The zero-order valence-corrected chi connectivity index (χ0v) is 79.3. The lowest BCUT2D eigenvalue weighted by Crippen LogP contribution is -2.05. The van der Waals surface area contributed by atoms with Gasteiger partial charge in [-0.2, -0.15) is 0 Å². The molecule has 0 fully saturated rings. The zero-order chi connectivity index (χ0) is 91.8. The number of methoxy groups -OCH3 is 1. The Bertz CT molecular complexity index is 4020. The molecule has 14 nitrogen and oxygen atoms in total. The van der Waals surface area contributed by atoms with E-state index in [1.807, 2.05) is 32.1 Å². The Morgan fingerprint density at radius 3 is 0.701 bits per heavy atom. The second-order valence-corrected chi connectivity index (χ2v) is 34.3. The Hall–Kier alpha value is -9.56. The number of aromatic hydroxyl groups is 9. The van der Waals surface area contributed by atoms with Crippen molar-refractivity contribution in [3.63, 3.8) is 0 Å². The first-order valence-electron chi connectivity index (χ1n) is 45.4. The molecular weight excluding hydrogens is 1580 g/mol. The van der Waals surface area contributed by atoms with Gasteiger partial charge in [0.15, 0.2) is 0 Å². The highest BCUT2D eigenvalue weighted by atomic mass is 16.5. The molecule has 5 aromatic rings. The molecule has 14 heteroatoms. The van der Waals surface area contributed by atoms with Crippen molar-refractivity contribution in [1.82, 2.24) is 0 Å². The summed E-state index contributed by atoms with van der Waals surface area (Å²) in [6.07, 6.45) is 53.8. The molecule has 0 aromatic heterocycles. The molecule has 0 atom stereocenters. The fraction of sp³-hybridized carbons (Fsp3) is 0.540. The second-order valence-electron chi connectivity index (χ2n) is 34.3. The minimum absolute atomic E-state index is 0. The van der Waals surface area contributed by atoms with Gasteiger partial charge in [0.05, 0.1) is 7.11 Å². The van der Waals surface area contributed by atoms with Crippen molar-refractivity contribution < 1.29 is 70.5 Å². The molecule has 0 aliphatic rings. The first-order chi connectivity index (χ1) is 57.9. The molecule has 0 radical (unpaired) electrons. The maximum Gasteiger partial charge on any atom is 0.339 e. The number of phenolic OH excluding ortho intramolecular Hbond substituents is 7. The first-order valence-corrected chi connectivity index (χ1v) is 45.4. The lowest BCUT2D eigenvalue weighted by atomic mass is 9.95. The number of hydrogen-bond acceptors (Lipinski definition) is 12. The third-order valence-corrected chi connectivity index (χ3v) is 21.4. The van der Waals surface area contributed by atoms with Crippen LogP contribution in [0.3, 0.4) is 0 Å². The quantitative estimate of drug-likeness (QED) is 0.0128. The Morgan fingerprint density at radius 1 is 0.276 bits per heavy atom. The number of carbonyl (C=O) groups is 2. The molecule has 0 saturated carbocycles. The lowest BCUT2D eigenvalue weighted by molar-refractivity contribution is 0.0680. The van der Waals surface area contributed by atoms with Gasteiger partial charge in [-0.3, -0.25) is 0 Å². The van der Waals surface area contributed by atoms with E-state index in [1.54, 1.807) is 31.4 Å². The van der Waals surface area contributed by atoms with E-state index in [0.29, 0.717) is 72.9 Å². The number of ether oxygens (including phenoxy) is 1. The Morgan fingerprint density at radius 2 is 0.480 bits per heavy atom. The fourth-order valence-corrected chi connectivity index (χ4v) is 13.8. The number of phenols is 9. The summed E-state index contributed by atoms with van der Waals surface area (Å²) in [5, 5.41) is 112. The molecule has 0 heterocycles. The Balaban J connectivity index is -0.000000484. The Kier molecular flexibility index (Phi) is 71.8. The van der Waals surface area contributed by atoms with Crippen LogP contribution in [0, 0.1) is 0 Å².